The van der Waals surface area contributed by atoms with Crippen molar-refractivity contribution in [2.75, 3.05) is 0 Å². The summed E-state index contributed by atoms with van der Waals surface area (Å²) >= 11 is 0. The van der Waals surface area contributed by atoms with Crippen molar-refractivity contribution in [3.05, 3.63) is 18.0 Å². The summed E-state index contributed by atoms with van der Waals surface area (Å²) in [5.74, 6) is 0.462. The van der Waals surface area contributed by atoms with Gasteiger partial charge in [0.2, 0.25) is 0 Å². The molecule has 0 saturated heterocycles. The number of hydrogen-bond acceptors (Lipinski definition) is 2. The SMILES string of the molecule is CC(C)n1nccc1C(O)C1CCC1. The molecule has 0 radical (unpaired) electrons. The Labute approximate surface area is 84.7 Å². The van der Waals surface area contributed by atoms with E-state index in [-0.39, 0.29) is 6.10 Å². The van der Waals surface area contributed by atoms with Gasteiger partial charge in [0.05, 0.1) is 11.8 Å². The van der Waals surface area contributed by atoms with Crippen molar-refractivity contribution in [1.29, 1.82) is 0 Å². The Kier molecular flexibility index (Phi) is 2.59. The first-order valence-corrected chi connectivity index (χ1v) is 5.41. The molecule has 1 saturated carbocycles. The molecule has 3 nitrogen and oxygen atoms in total. The zero-order chi connectivity index (χ0) is 10.1. The predicted octanol–water partition coefficient (Wildman–Crippen LogP) is 2.30. The second-order valence-electron chi connectivity index (χ2n) is 4.43. The molecule has 0 aromatic carbocycles. The first-order chi connectivity index (χ1) is 6.70. The summed E-state index contributed by atoms with van der Waals surface area (Å²) in [4.78, 5) is 0. The number of aliphatic hydroxyl groups excluding tert-OH is 1. The molecular weight excluding hydrogens is 176 g/mol. The van der Waals surface area contributed by atoms with Crippen LogP contribution >= 0.6 is 0 Å². The van der Waals surface area contributed by atoms with Crippen molar-refractivity contribution < 1.29 is 5.11 Å². The Morgan fingerprint density at radius 1 is 1.50 bits per heavy atom. The molecule has 2 rings (SSSR count). The Morgan fingerprint density at radius 3 is 2.71 bits per heavy atom. The fourth-order valence-electron chi connectivity index (χ4n) is 1.99. The number of aromatic nitrogens is 2. The molecule has 1 N–H and O–H groups in total. The molecule has 1 heterocycles. The van der Waals surface area contributed by atoms with E-state index in [0.29, 0.717) is 12.0 Å². The Balaban J connectivity index is 2.17. The fourth-order valence-corrected chi connectivity index (χ4v) is 1.99. The van der Waals surface area contributed by atoms with Gasteiger partial charge in [-0.3, -0.25) is 4.68 Å². The second-order valence-corrected chi connectivity index (χ2v) is 4.43. The lowest BCUT2D eigenvalue weighted by Gasteiger charge is -2.31. The van der Waals surface area contributed by atoms with Gasteiger partial charge in [0.1, 0.15) is 0 Å². The van der Waals surface area contributed by atoms with Crippen LogP contribution in [0.5, 0.6) is 0 Å². The molecular formula is C11H18N2O. The molecule has 1 aliphatic carbocycles. The lowest BCUT2D eigenvalue weighted by atomic mass is 9.80. The molecule has 0 aliphatic heterocycles. The van der Waals surface area contributed by atoms with Crippen molar-refractivity contribution in [3.63, 3.8) is 0 Å². The predicted molar refractivity (Wildman–Crippen MR) is 54.9 cm³/mol. The molecule has 0 amide bonds. The fraction of sp³-hybridized carbons (Fsp3) is 0.727. The van der Waals surface area contributed by atoms with Crippen LogP contribution in [0.4, 0.5) is 0 Å². The van der Waals surface area contributed by atoms with Crippen LogP contribution in [0, 0.1) is 5.92 Å². The maximum absolute atomic E-state index is 10.1. The Bertz CT molecular complexity index is 302. The van der Waals surface area contributed by atoms with E-state index in [1.54, 1.807) is 6.20 Å². The lowest BCUT2D eigenvalue weighted by Crippen LogP contribution is -2.23. The first kappa shape index (κ1) is 9.71. The summed E-state index contributed by atoms with van der Waals surface area (Å²) in [5.41, 5.74) is 0.977. The maximum atomic E-state index is 10.1. The summed E-state index contributed by atoms with van der Waals surface area (Å²) in [6.07, 6.45) is 5.04. The highest BCUT2D eigenvalue weighted by molar-refractivity contribution is 5.07. The van der Waals surface area contributed by atoms with Crippen LogP contribution < -0.4 is 0 Å². The van der Waals surface area contributed by atoms with Crippen molar-refractivity contribution in [2.45, 2.75) is 45.3 Å². The van der Waals surface area contributed by atoms with Gasteiger partial charge in [0, 0.05) is 12.2 Å². The van der Waals surface area contributed by atoms with Gasteiger partial charge in [-0.25, -0.2) is 0 Å². The van der Waals surface area contributed by atoms with Gasteiger partial charge in [-0.05, 0) is 38.7 Å². The van der Waals surface area contributed by atoms with Crippen LogP contribution in [0.15, 0.2) is 12.3 Å². The first-order valence-electron chi connectivity index (χ1n) is 5.41. The quantitative estimate of drug-likeness (QED) is 0.801. The van der Waals surface area contributed by atoms with Crippen LogP contribution in [0.25, 0.3) is 0 Å². The van der Waals surface area contributed by atoms with Crippen LogP contribution in [0.1, 0.15) is 50.9 Å². The van der Waals surface area contributed by atoms with E-state index in [1.807, 2.05) is 10.7 Å². The minimum Gasteiger partial charge on any atom is -0.387 e. The molecule has 1 aromatic rings. The molecule has 1 unspecified atom stereocenters. The topological polar surface area (TPSA) is 38.0 Å². The third-order valence-corrected chi connectivity index (χ3v) is 3.09. The van der Waals surface area contributed by atoms with Crippen molar-refractivity contribution in [3.8, 4) is 0 Å². The van der Waals surface area contributed by atoms with Gasteiger partial charge in [0.25, 0.3) is 0 Å². The summed E-state index contributed by atoms with van der Waals surface area (Å²) in [7, 11) is 0. The minimum atomic E-state index is -0.311. The summed E-state index contributed by atoms with van der Waals surface area (Å²) < 4.78 is 1.92. The highest BCUT2D eigenvalue weighted by Crippen LogP contribution is 2.37. The molecule has 3 heteroatoms. The smallest absolute Gasteiger partial charge is 0.0984 e. The van der Waals surface area contributed by atoms with E-state index in [1.165, 1.54) is 6.42 Å². The van der Waals surface area contributed by atoms with Gasteiger partial charge in [0.15, 0.2) is 0 Å². The minimum absolute atomic E-state index is 0.311. The van der Waals surface area contributed by atoms with E-state index in [0.717, 1.165) is 18.5 Å². The van der Waals surface area contributed by atoms with Gasteiger partial charge in [-0.15, -0.1) is 0 Å². The monoisotopic (exact) mass is 194 g/mol. The van der Waals surface area contributed by atoms with Crippen molar-refractivity contribution in [2.24, 2.45) is 5.92 Å². The largest absolute Gasteiger partial charge is 0.387 e. The van der Waals surface area contributed by atoms with Gasteiger partial charge >= 0.3 is 0 Å². The van der Waals surface area contributed by atoms with E-state index in [4.69, 9.17) is 0 Å². The molecule has 0 spiro atoms. The average molecular weight is 194 g/mol. The van der Waals surface area contributed by atoms with Crippen LogP contribution in [0.3, 0.4) is 0 Å². The maximum Gasteiger partial charge on any atom is 0.0984 e. The van der Waals surface area contributed by atoms with Crippen molar-refractivity contribution >= 4 is 0 Å². The Morgan fingerprint density at radius 2 is 2.21 bits per heavy atom. The van der Waals surface area contributed by atoms with Crippen LogP contribution in [-0.4, -0.2) is 14.9 Å². The zero-order valence-electron chi connectivity index (χ0n) is 8.85. The molecule has 1 aromatic heterocycles. The van der Waals surface area contributed by atoms with E-state index >= 15 is 0 Å². The third-order valence-electron chi connectivity index (χ3n) is 3.09. The van der Waals surface area contributed by atoms with Crippen LogP contribution in [0.2, 0.25) is 0 Å². The average Bonchev–Trinajstić information content (AvgIpc) is 2.47. The second kappa shape index (κ2) is 3.73. The standard InChI is InChI=1S/C11H18N2O/c1-8(2)13-10(6-7-12-13)11(14)9-4-3-5-9/h6-9,11,14H,3-5H2,1-2H3. The zero-order valence-corrected chi connectivity index (χ0v) is 8.85. The Hall–Kier alpha value is -0.830. The van der Waals surface area contributed by atoms with E-state index in [2.05, 4.69) is 18.9 Å². The summed E-state index contributed by atoms with van der Waals surface area (Å²) in [6, 6.07) is 2.26. The third kappa shape index (κ3) is 1.57. The number of rotatable bonds is 3. The molecule has 0 bridgehead atoms. The van der Waals surface area contributed by atoms with Gasteiger partial charge in [-0.1, -0.05) is 6.42 Å². The molecule has 14 heavy (non-hydrogen) atoms. The summed E-state index contributed by atoms with van der Waals surface area (Å²) in [5, 5.41) is 14.3. The van der Waals surface area contributed by atoms with Gasteiger partial charge in [-0.2, -0.15) is 5.10 Å². The highest BCUT2D eigenvalue weighted by Gasteiger charge is 2.29. The van der Waals surface area contributed by atoms with E-state index < -0.39 is 0 Å². The molecule has 1 fully saturated rings. The normalized spacial score (nSPS) is 19.7. The number of aliphatic hydroxyl groups is 1. The number of hydrogen-bond donors (Lipinski definition) is 1. The number of nitrogens with zero attached hydrogens (tertiary/aromatic N) is 2. The molecule has 1 aliphatic rings. The van der Waals surface area contributed by atoms with Crippen molar-refractivity contribution in [1.82, 2.24) is 9.78 Å². The lowest BCUT2D eigenvalue weighted by molar-refractivity contribution is 0.0538. The molecule has 1 atom stereocenters. The summed E-state index contributed by atoms with van der Waals surface area (Å²) in [6.45, 7) is 4.17. The van der Waals surface area contributed by atoms with Crippen LogP contribution in [-0.2, 0) is 0 Å². The molecule has 78 valence electrons. The highest BCUT2D eigenvalue weighted by atomic mass is 16.3. The van der Waals surface area contributed by atoms with E-state index in [9.17, 15) is 5.11 Å². The van der Waals surface area contributed by atoms with Gasteiger partial charge < -0.3 is 5.11 Å².